The summed E-state index contributed by atoms with van der Waals surface area (Å²) in [6, 6.07) is 1.55. The molecule has 6 nitrogen and oxygen atoms in total. The van der Waals surface area contributed by atoms with Crippen molar-refractivity contribution in [2.75, 3.05) is 25.5 Å². The van der Waals surface area contributed by atoms with Gasteiger partial charge < -0.3 is 15.4 Å². The summed E-state index contributed by atoms with van der Waals surface area (Å²) in [6.07, 6.45) is 0. The lowest BCUT2D eigenvalue weighted by molar-refractivity contribution is -0.0373. The van der Waals surface area contributed by atoms with E-state index >= 15 is 0 Å². The largest absolute Gasteiger partial charge is 0.382 e. The number of H-pyrrole nitrogens is 1. The second-order valence-corrected chi connectivity index (χ2v) is 4.53. The van der Waals surface area contributed by atoms with E-state index in [0.29, 0.717) is 31.3 Å². The molecule has 2 rings (SSSR count). The molecule has 6 heteroatoms. The molecule has 0 bridgehead atoms. The van der Waals surface area contributed by atoms with Gasteiger partial charge in [-0.15, -0.1) is 0 Å². The molecule has 0 atom stereocenters. The van der Waals surface area contributed by atoms with Crippen LogP contribution in [-0.4, -0.2) is 46.3 Å². The fourth-order valence-corrected chi connectivity index (χ4v) is 1.83. The van der Waals surface area contributed by atoms with Gasteiger partial charge in [0, 0.05) is 12.6 Å². The maximum Gasteiger partial charge on any atom is 0.272 e. The highest BCUT2D eigenvalue weighted by molar-refractivity contribution is 5.93. The van der Waals surface area contributed by atoms with E-state index in [1.807, 2.05) is 13.8 Å². The summed E-state index contributed by atoms with van der Waals surface area (Å²) in [5.74, 6) is 0.243. The van der Waals surface area contributed by atoms with Crippen LogP contribution in [0.4, 0.5) is 5.82 Å². The lowest BCUT2D eigenvalue weighted by Crippen LogP contribution is -2.55. The Hall–Kier alpha value is -1.56. The third-order valence-corrected chi connectivity index (χ3v) is 2.72. The first-order valence-corrected chi connectivity index (χ1v) is 5.21. The highest BCUT2D eigenvalue weighted by Gasteiger charge is 2.35. The predicted octanol–water partition coefficient (Wildman–Crippen LogP) is 0.243. The molecule has 1 aromatic rings. The topological polar surface area (TPSA) is 84.2 Å². The fourth-order valence-electron chi connectivity index (χ4n) is 1.83. The number of anilines is 1. The van der Waals surface area contributed by atoms with Crippen molar-refractivity contribution >= 4 is 11.7 Å². The number of hydrogen-bond acceptors (Lipinski definition) is 4. The molecule has 0 aliphatic carbocycles. The number of aromatic amines is 1. The summed E-state index contributed by atoms with van der Waals surface area (Å²) in [5, 5.41) is 6.39. The monoisotopic (exact) mass is 224 g/mol. The SMILES string of the molecule is CC1(C)COCCN1C(=O)c1cc(N)n[nH]1. The number of carbonyl (C=O) groups excluding carboxylic acids is 1. The predicted molar refractivity (Wildman–Crippen MR) is 58.9 cm³/mol. The molecular weight excluding hydrogens is 208 g/mol. The van der Waals surface area contributed by atoms with Crippen LogP contribution in [0.3, 0.4) is 0 Å². The number of aromatic nitrogens is 2. The van der Waals surface area contributed by atoms with Crippen molar-refractivity contribution in [3.8, 4) is 0 Å². The van der Waals surface area contributed by atoms with Gasteiger partial charge in [0.2, 0.25) is 0 Å². The maximum absolute atomic E-state index is 12.2. The summed E-state index contributed by atoms with van der Waals surface area (Å²) in [7, 11) is 0. The Morgan fingerprint density at radius 3 is 3.00 bits per heavy atom. The van der Waals surface area contributed by atoms with Gasteiger partial charge in [-0.1, -0.05) is 0 Å². The van der Waals surface area contributed by atoms with Gasteiger partial charge in [0.05, 0.1) is 18.8 Å². The molecule has 0 saturated carbocycles. The summed E-state index contributed by atoms with van der Waals surface area (Å²) < 4.78 is 5.36. The second kappa shape index (κ2) is 3.79. The number of carbonyl (C=O) groups is 1. The van der Waals surface area contributed by atoms with Crippen LogP contribution in [0.25, 0.3) is 0 Å². The molecule has 0 spiro atoms. The summed E-state index contributed by atoms with van der Waals surface area (Å²) in [5.41, 5.74) is 5.60. The Labute approximate surface area is 93.8 Å². The molecule has 1 amide bonds. The van der Waals surface area contributed by atoms with E-state index in [0.717, 1.165) is 0 Å². The van der Waals surface area contributed by atoms with Crippen molar-refractivity contribution in [1.29, 1.82) is 0 Å². The number of amides is 1. The second-order valence-electron chi connectivity index (χ2n) is 4.53. The normalized spacial score (nSPS) is 19.8. The average molecular weight is 224 g/mol. The van der Waals surface area contributed by atoms with E-state index in [4.69, 9.17) is 10.5 Å². The lowest BCUT2D eigenvalue weighted by Gasteiger charge is -2.41. The van der Waals surface area contributed by atoms with Crippen LogP contribution in [0.5, 0.6) is 0 Å². The molecule has 1 fully saturated rings. The summed E-state index contributed by atoms with van der Waals surface area (Å²) >= 11 is 0. The number of rotatable bonds is 1. The van der Waals surface area contributed by atoms with Gasteiger partial charge in [0.15, 0.2) is 0 Å². The number of ether oxygens (including phenoxy) is 1. The Balaban J connectivity index is 2.20. The first kappa shape index (κ1) is 10.9. The summed E-state index contributed by atoms with van der Waals surface area (Å²) in [6.45, 7) is 5.65. The Morgan fingerprint density at radius 1 is 1.69 bits per heavy atom. The van der Waals surface area contributed by atoms with Crippen LogP contribution in [0, 0.1) is 0 Å². The van der Waals surface area contributed by atoms with Crippen molar-refractivity contribution in [2.45, 2.75) is 19.4 Å². The minimum absolute atomic E-state index is 0.0856. The Kier molecular flexibility index (Phi) is 2.59. The molecule has 1 aliphatic heterocycles. The minimum atomic E-state index is -0.296. The molecule has 3 N–H and O–H groups in total. The Bertz CT molecular complexity index is 399. The first-order valence-electron chi connectivity index (χ1n) is 5.21. The fraction of sp³-hybridized carbons (Fsp3) is 0.600. The van der Waals surface area contributed by atoms with Gasteiger partial charge >= 0.3 is 0 Å². The van der Waals surface area contributed by atoms with E-state index < -0.39 is 0 Å². The van der Waals surface area contributed by atoms with Gasteiger partial charge in [0.25, 0.3) is 5.91 Å². The molecular formula is C10H16N4O2. The van der Waals surface area contributed by atoms with Crippen molar-refractivity contribution in [3.63, 3.8) is 0 Å². The van der Waals surface area contributed by atoms with Crippen LogP contribution in [0.2, 0.25) is 0 Å². The van der Waals surface area contributed by atoms with Gasteiger partial charge in [-0.05, 0) is 13.8 Å². The zero-order valence-corrected chi connectivity index (χ0v) is 9.49. The molecule has 2 heterocycles. The van der Waals surface area contributed by atoms with Gasteiger partial charge in [-0.3, -0.25) is 9.89 Å². The molecule has 88 valence electrons. The van der Waals surface area contributed by atoms with E-state index in [1.54, 1.807) is 11.0 Å². The molecule has 0 radical (unpaired) electrons. The van der Waals surface area contributed by atoms with Gasteiger partial charge in [-0.25, -0.2) is 0 Å². The highest BCUT2D eigenvalue weighted by Crippen LogP contribution is 2.21. The number of nitrogens with zero attached hydrogens (tertiary/aromatic N) is 2. The number of hydrogen-bond donors (Lipinski definition) is 2. The van der Waals surface area contributed by atoms with Gasteiger partial charge in [-0.2, -0.15) is 5.10 Å². The molecule has 1 saturated heterocycles. The van der Waals surface area contributed by atoms with Crippen molar-refractivity contribution in [2.24, 2.45) is 0 Å². The highest BCUT2D eigenvalue weighted by atomic mass is 16.5. The first-order chi connectivity index (χ1) is 7.50. The molecule has 0 unspecified atom stereocenters. The average Bonchev–Trinajstić information content (AvgIpc) is 2.63. The maximum atomic E-state index is 12.2. The zero-order chi connectivity index (χ0) is 11.8. The standard InChI is InChI=1S/C10H16N4O2/c1-10(2)6-16-4-3-14(10)9(15)7-5-8(11)13-12-7/h5H,3-4,6H2,1-2H3,(H3,11,12,13). The van der Waals surface area contributed by atoms with E-state index in [1.165, 1.54) is 0 Å². The quantitative estimate of drug-likeness (QED) is 0.715. The molecule has 1 aromatic heterocycles. The van der Waals surface area contributed by atoms with Crippen LogP contribution >= 0.6 is 0 Å². The molecule has 1 aliphatic rings. The number of nitrogen functional groups attached to an aromatic ring is 1. The Morgan fingerprint density at radius 2 is 2.44 bits per heavy atom. The number of nitrogens with two attached hydrogens (primary N) is 1. The van der Waals surface area contributed by atoms with E-state index in [-0.39, 0.29) is 11.4 Å². The third-order valence-electron chi connectivity index (χ3n) is 2.72. The zero-order valence-electron chi connectivity index (χ0n) is 9.49. The minimum Gasteiger partial charge on any atom is -0.382 e. The molecule has 16 heavy (non-hydrogen) atoms. The van der Waals surface area contributed by atoms with Crippen LogP contribution in [0.15, 0.2) is 6.07 Å². The lowest BCUT2D eigenvalue weighted by atomic mass is 10.0. The molecule has 0 aromatic carbocycles. The van der Waals surface area contributed by atoms with Gasteiger partial charge in [0.1, 0.15) is 11.5 Å². The van der Waals surface area contributed by atoms with Crippen LogP contribution in [0.1, 0.15) is 24.3 Å². The third kappa shape index (κ3) is 1.88. The van der Waals surface area contributed by atoms with Crippen molar-refractivity contribution < 1.29 is 9.53 Å². The van der Waals surface area contributed by atoms with Crippen molar-refractivity contribution in [1.82, 2.24) is 15.1 Å². The van der Waals surface area contributed by atoms with Crippen LogP contribution < -0.4 is 5.73 Å². The van der Waals surface area contributed by atoms with Crippen molar-refractivity contribution in [3.05, 3.63) is 11.8 Å². The number of morpholine rings is 1. The summed E-state index contributed by atoms with van der Waals surface area (Å²) in [4.78, 5) is 14.0. The smallest absolute Gasteiger partial charge is 0.272 e. The van der Waals surface area contributed by atoms with Crippen LogP contribution in [-0.2, 0) is 4.74 Å². The number of nitrogens with one attached hydrogen (secondary N) is 1. The van der Waals surface area contributed by atoms with E-state index in [2.05, 4.69) is 10.2 Å². The van der Waals surface area contributed by atoms with E-state index in [9.17, 15) is 4.79 Å².